The zero-order valence-electron chi connectivity index (χ0n) is 16.1. The van der Waals surface area contributed by atoms with E-state index < -0.39 is 0 Å². The van der Waals surface area contributed by atoms with Crippen molar-refractivity contribution in [2.45, 2.75) is 73.3 Å². The van der Waals surface area contributed by atoms with Crippen LogP contribution in [0.15, 0.2) is 12.1 Å². The maximum Gasteiger partial charge on any atom is 0.130 e. The Morgan fingerprint density at radius 3 is 1.83 bits per heavy atom. The van der Waals surface area contributed by atoms with Crippen molar-refractivity contribution >= 4 is 17.3 Å². The summed E-state index contributed by atoms with van der Waals surface area (Å²) < 4.78 is 15.2. The second-order valence-electron chi connectivity index (χ2n) is 9.94. The number of rotatable bonds is 0. The van der Waals surface area contributed by atoms with E-state index in [0.717, 1.165) is 17.8 Å². The number of hydrogen-bond acceptors (Lipinski definition) is 1. The molecule has 1 aliphatic rings. The van der Waals surface area contributed by atoms with Gasteiger partial charge < -0.3 is 4.90 Å². The normalized spacial score (nSPS) is 18.3. The van der Waals surface area contributed by atoms with Crippen molar-refractivity contribution in [3.05, 3.63) is 28.5 Å². The van der Waals surface area contributed by atoms with Crippen molar-refractivity contribution < 1.29 is 4.39 Å². The molecule has 0 amide bonds. The third kappa shape index (κ3) is 2.67. The summed E-state index contributed by atoms with van der Waals surface area (Å²) in [5.41, 5.74) is 1.22. The minimum atomic E-state index is -0.294. The van der Waals surface area contributed by atoms with Gasteiger partial charge >= 0.3 is 0 Å². The first-order chi connectivity index (χ1) is 10.1. The van der Waals surface area contributed by atoms with E-state index in [4.69, 9.17) is 11.6 Å². The first-order valence-electron chi connectivity index (χ1n) is 8.40. The summed E-state index contributed by atoms with van der Waals surface area (Å²) >= 11 is 6.20. The van der Waals surface area contributed by atoms with E-state index >= 15 is 4.39 Å². The molecule has 23 heavy (non-hydrogen) atoms. The Balaban J connectivity index is 2.91. The van der Waals surface area contributed by atoms with Crippen LogP contribution >= 0.6 is 11.6 Å². The van der Waals surface area contributed by atoms with Gasteiger partial charge in [-0.05, 0) is 43.7 Å². The Morgan fingerprint density at radius 2 is 1.43 bits per heavy atom. The Labute approximate surface area is 146 Å². The zero-order valence-corrected chi connectivity index (χ0v) is 16.8. The molecule has 3 heteroatoms. The highest BCUT2D eigenvalue weighted by atomic mass is 35.5. The molecular weight excluding hydrogens is 309 g/mol. The fourth-order valence-corrected chi connectivity index (χ4v) is 4.74. The topological polar surface area (TPSA) is 3.24 Å². The van der Waals surface area contributed by atoms with Crippen molar-refractivity contribution in [1.82, 2.24) is 0 Å². The fraction of sp³-hybridized carbons (Fsp3) is 0.700. The largest absolute Gasteiger partial charge is 0.365 e. The molecule has 1 nitrogen and oxygen atoms in total. The molecular formula is C20H31ClFN. The second-order valence-corrected chi connectivity index (χ2v) is 10.4. The highest BCUT2D eigenvalue weighted by Crippen LogP contribution is 2.61. The average molecular weight is 340 g/mol. The summed E-state index contributed by atoms with van der Waals surface area (Å²) in [5, 5.41) is 0.467. The first-order valence-corrected chi connectivity index (χ1v) is 8.78. The molecule has 130 valence electrons. The number of anilines is 1. The van der Waals surface area contributed by atoms with Crippen molar-refractivity contribution in [3.63, 3.8) is 0 Å². The lowest BCUT2D eigenvalue weighted by atomic mass is 9.52. The molecule has 1 heterocycles. The molecule has 1 aromatic rings. The molecule has 0 saturated carbocycles. The zero-order chi connectivity index (χ0) is 18.0. The van der Waals surface area contributed by atoms with Gasteiger partial charge in [0.25, 0.3) is 0 Å². The third-order valence-corrected chi connectivity index (χ3v) is 5.74. The van der Waals surface area contributed by atoms with Gasteiger partial charge in [-0.3, -0.25) is 0 Å². The van der Waals surface area contributed by atoms with Crippen LogP contribution in [0.1, 0.15) is 67.9 Å². The second kappa shape index (κ2) is 5.12. The molecule has 0 spiro atoms. The van der Waals surface area contributed by atoms with Crippen molar-refractivity contribution in [1.29, 1.82) is 0 Å². The first kappa shape index (κ1) is 18.6. The lowest BCUT2D eigenvalue weighted by Crippen LogP contribution is -2.55. The van der Waals surface area contributed by atoms with Gasteiger partial charge in [-0.15, -0.1) is 0 Å². The van der Waals surface area contributed by atoms with Gasteiger partial charge in [0.2, 0.25) is 0 Å². The van der Waals surface area contributed by atoms with Gasteiger partial charge in [-0.1, -0.05) is 53.1 Å². The SMILES string of the molecule is CC(C)(C)N1CC(C(C)(C)C)(C(C)(C)C)c2c(F)cc(Cl)cc21. The van der Waals surface area contributed by atoms with Crippen LogP contribution in [0, 0.1) is 16.6 Å². The van der Waals surface area contributed by atoms with Gasteiger partial charge in [0.1, 0.15) is 5.82 Å². The number of fused-ring (bicyclic) bond motifs is 1. The van der Waals surface area contributed by atoms with Crippen molar-refractivity contribution in [2.24, 2.45) is 10.8 Å². The predicted molar refractivity (Wildman–Crippen MR) is 99.1 cm³/mol. The van der Waals surface area contributed by atoms with Crippen LogP contribution in [0.5, 0.6) is 0 Å². The van der Waals surface area contributed by atoms with E-state index in [9.17, 15) is 0 Å². The molecule has 0 unspecified atom stereocenters. The lowest BCUT2D eigenvalue weighted by molar-refractivity contribution is 0.0604. The maximum absolute atomic E-state index is 15.2. The minimum absolute atomic E-state index is 0.0886. The standard InChI is InChI=1S/C20H31ClFN/c1-17(2,3)20(18(4,5)6)12-23(19(7,8)9)15-11-13(21)10-14(22)16(15)20/h10-11H,12H2,1-9H3. The molecule has 0 saturated heterocycles. The van der Waals surface area contributed by atoms with Crippen molar-refractivity contribution in [2.75, 3.05) is 11.4 Å². The molecule has 0 aromatic heterocycles. The van der Waals surface area contributed by atoms with E-state index in [1.807, 2.05) is 6.07 Å². The van der Waals surface area contributed by atoms with Crippen LogP contribution in [-0.2, 0) is 5.41 Å². The summed E-state index contributed by atoms with van der Waals surface area (Å²) in [6.07, 6.45) is 0. The van der Waals surface area contributed by atoms with Gasteiger partial charge in [-0.25, -0.2) is 4.39 Å². The van der Waals surface area contributed by atoms with Gasteiger partial charge in [0.05, 0.1) is 0 Å². The number of hydrogen-bond donors (Lipinski definition) is 0. The Hall–Kier alpha value is -0.760. The van der Waals surface area contributed by atoms with E-state index in [1.165, 1.54) is 6.07 Å². The monoisotopic (exact) mass is 339 g/mol. The Morgan fingerprint density at radius 1 is 0.957 bits per heavy atom. The summed E-state index contributed by atoms with van der Waals surface area (Å²) in [4.78, 5) is 2.33. The molecule has 0 bridgehead atoms. The summed E-state index contributed by atoms with van der Waals surface area (Å²) in [7, 11) is 0. The van der Waals surface area contributed by atoms with Gasteiger partial charge in [0, 0.05) is 33.8 Å². The third-order valence-electron chi connectivity index (χ3n) is 5.52. The van der Waals surface area contributed by atoms with Crippen LogP contribution in [0.25, 0.3) is 0 Å². The van der Waals surface area contributed by atoms with Crippen LogP contribution in [0.2, 0.25) is 5.02 Å². The van der Waals surface area contributed by atoms with Crippen LogP contribution in [0.4, 0.5) is 10.1 Å². The molecule has 2 rings (SSSR count). The smallest absolute Gasteiger partial charge is 0.130 e. The maximum atomic E-state index is 15.2. The average Bonchev–Trinajstić information content (AvgIpc) is 2.63. The van der Waals surface area contributed by atoms with Gasteiger partial charge in [0.15, 0.2) is 0 Å². The highest BCUT2D eigenvalue weighted by molar-refractivity contribution is 6.31. The predicted octanol–water partition coefficient (Wildman–Crippen LogP) is 6.43. The number of halogens is 2. The van der Waals surface area contributed by atoms with E-state index in [-0.39, 0.29) is 27.6 Å². The number of benzene rings is 1. The molecule has 0 atom stereocenters. The fourth-order valence-electron chi connectivity index (χ4n) is 4.54. The van der Waals surface area contributed by atoms with Crippen LogP contribution < -0.4 is 4.90 Å². The molecule has 1 aliphatic heterocycles. The minimum Gasteiger partial charge on any atom is -0.365 e. The molecule has 0 aliphatic carbocycles. The van der Waals surface area contributed by atoms with E-state index in [1.54, 1.807) is 0 Å². The van der Waals surface area contributed by atoms with Crippen LogP contribution in [-0.4, -0.2) is 12.1 Å². The summed E-state index contributed by atoms with van der Waals surface area (Å²) in [6.45, 7) is 20.7. The van der Waals surface area contributed by atoms with Gasteiger partial charge in [-0.2, -0.15) is 0 Å². The summed E-state index contributed by atoms with van der Waals surface area (Å²) in [6, 6.07) is 3.41. The van der Waals surface area contributed by atoms with Crippen LogP contribution in [0.3, 0.4) is 0 Å². The van der Waals surface area contributed by atoms with E-state index in [0.29, 0.717) is 5.02 Å². The van der Waals surface area contributed by atoms with E-state index in [2.05, 4.69) is 67.2 Å². The Kier molecular flexibility index (Phi) is 4.13. The molecule has 0 radical (unpaired) electrons. The highest BCUT2D eigenvalue weighted by Gasteiger charge is 2.59. The molecule has 0 fully saturated rings. The quantitative estimate of drug-likeness (QED) is 0.526. The Bertz CT molecular complexity index is 600. The lowest BCUT2D eigenvalue weighted by Gasteiger charge is -2.52. The molecule has 1 aromatic carbocycles. The van der Waals surface area contributed by atoms with Crippen molar-refractivity contribution in [3.8, 4) is 0 Å². The number of nitrogens with zero attached hydrogens (tertiary/aromatic N) is 1. The summed E-state index contributed by atoms with van der Waals surface area (Å²) in [5.74, 6) is -0.177. The molecule has 0 N–H and O–H groups in total.